The number of amides is 1. The summed E-state index contributed by atoms with van der Waals surface area (Å²) in [5.74, 6) is -0.242. The van der Waals surface area contributed by atoms with Gasteiger partial charge in [0.1, 0.15) is 0 Å². The van der Waals surface area contributed by atoms with Crippen LogP contribution in [0.2, 0.25) is 0 Å². The van der Waals surface area contributed by atoms with Crippen LogP contribution < -0.4 is 5.73 Å². The number of hydrogen-bond acceptors (Lipinski definition) is 1. The Balaban J connectivity index is 2.37. The molecular formula is C10H10NO. The fourth-order valence-electron chi connectivity index (χ4n) is 1.42. The van der Waals surface area contributed by atoms with E-state index < -0.39 is 5.41 Å². The number of primary amides is 1. The zero-order valence-corrected chi connectivity index (χ0v) is 6.66. The van der Waals surface area contributed by atoms with Crippen molar-refractivity contribution in [1.29, 1.82) is 0 Å². The minimum absolute atomic E-state index is 0.242. The molecule has 2 rings (SSSR count). The molecule has 1 aromatic carbocycles. The van der Waals surface area contributed by atoms with Gasteiger partial charge in [-0.3, -0.25) is 4.79 Å². The van der Waals surface area contributed by atoms with E-state index in [1.807, 2.05) is 36.8 Å². The largest absolute Gasteiger partial charge is 0.369 e. The van der Waals surface area contributed by atoms with Gasteiger partial charge in [0, 0.05) is 0 Å². The molecule has 0 aliphatic heterocycles. The number of benzene rings is 1. The van der Waals surface area contributed by atoms with Crippen LogP contribution in [0.3, 0.4) is 0 Å². The first kappa shape index (κ1) is 7.35. The maximum atomic E-state index is 11.1. The summed E-state index contributed by atoms with van der Waals surface area (Å²) >= 11 is 0. The number of hydrogen-bond donors (Lipinski definition) is 1. The van der Waals surface area contributed by atoms with Gasteiger partial charge in [0.25, 0.3) is 0 Å². The van der Waals surface area contributed by atoms with E-state index in [1.54, 1.807) is 0 Å². The van der Waals surface area contributed by atoms with Gasteiger partial charge < -0.3 is 5.73 Å². The summed E-state index contributed by atoms with van der Waals surface area (Å²) in [4.78, 5) is 11.1. The lowest BCUT2D eigenvalue weighted by atomic mass is 9.96. The van der Waals surface area contributed by atoms with Crippen LogP contribution in [0.5, 0.6) is 0 Å². The van der Waals surface area contributed by atoms with Crippen molar-refractivity contribution < 1.29 is 4.79 Å². The third kappa shape index (κ3) is 0.916. The highest BCUT2D eigenvalue weighted by molar-refractivity contribution is 5.92. The fraction of sp³-hybridized carbons (Fsp3) is 0.200. The predicted molar refractivity (Wildman–Crippen MR) is 46.2 cm³/mol. The SMILES string of the molecule is NC(=O)[C@]1(c2ccccc2)[CH]C1. The molecule has 2 N–H and O–H groups in total. The molecule has 1 saturated carbocycles. The Morgan fingerprint density at radius 1 is 1.33 bits per heavy atom. The molecule has 0 unspecified atom stereocenters. The minimum Gasteiger partial charge on any atom is -0.369 e. The topological polar surface area (TPSA) is 43.1 Å². The Bertz CT molecular complexity index is 301. The van der Waals surface area contributed by atoms with Gasteiger partial charge in [-0.05, 0) is 18.4 Å². The number of carbonyl (C=O) groups excluding carboxylic acids is 1. The van der Waals surface area contributed by atoms with E-state index in [9.17, 15) is 4.79 Å². The number of nitrogens with two attached hydrogens (primary N) is 1. The van der Waals surface area contributed by atoms with Crippen LogP contribution in [0, 0.1) is 6.42 Å². The van der Waals surface area contributed by atoms with E-state index in [1.165, 1.54) is 0 Å². The van der Waals surface area contributed by atoms with Crippen molar-refractivity contribution in [1.82, 2.24) is 0 Å². The number of carbonyl (C=O) groups is 1. The van der Waals surface area contributed by atoms with Crippen LogP contribution >= 0.6 is 0 Å². The summed E-state index contributed by atoms with van der Waals surface area (Å²) in [7, 11) is 0. The molecular weight excluding hydrogens is 150 g/mol. The average molecular weight is 160 g/mol. The first-order valence-electron chi connectivity index (χ1n) is 3.95. The highest BCUT2D eigenvalue weighted by Gasteiger charge is 2.50. The second-order valence-corrected chi connectivity index (χ2v) is 3.11. The second kappa shape index (κ2) is 2.34. The average Bonchev–Trinajstić information content (AvgIpc) is 2.86. The van der Waals surface area contributed by atoms with Gasteiger partial charge in [0.2, 0.25) is 5.91 Å². The third-order valence-electron chi connectivity index (χ3n) is 2.34. The first-order chi connectivity index (χ1) is 5.76. The van der Waals surface area contributed by atoms with E-state index in [4.69, 9.17) is 5.73 Å². The van der Waals surface area contributed by atoms with Gasteiger partial charge in [0.05, 0.1) is 5.41 Å². The zero-order valence-electron chi connectivity index (χ0n) is 6.66. The lowest BCUT2D eigenvalue weighted by Crippen LogP contribution is -2.28. The molecule has 1 radical (unpaired) electrons. The molecule has 1 aromatic rings. The van der Waals surface area contributed by atoms with Crippen LogP contribution in [0.4, 0.5) is 0 Å². The van der Waals surface area contributed by atoms with Crippen molar-refractivity contribution in [2.24, 2.45) is 5.73 Å². The minimum atomic E-state index is -0.443. The van der Waals surface area contributed by atoms with E-state index in [0.717, 1.165) is 12.0 Å². The van der Waals surface area contributed by atoms with Crippen molar-refractivity contribution in [2.75, 3.05) is 0 Å². The van der Waals surface area contributed by atoms with Crippen molar-refractivity contribution in [3.63, 3.8) is 0 Å². The first-order valence-corrected chi connectivity index (χ1v) is 3.95. The molecule has 1 amide bonds. The van der Waals surface area contributed by atoms with Gasteiger partial charge in [-0.1, -0.05) is 30.3 Å². The summed E-state index contributed by atoms with van der Waals surface area (Å²) in [5.41, 5.74) is 5.86. The van der Waals surface area contributed by atoms with E-state index in [2.05, 4.69) is 0 Å². The molecule has 1 aliphatic rings. The van der Waals surface area contributed by atoms with E-state index in [0.29, 0.717) is 0 Å². The van der Waals surface area contributed by atoms with Gasteiger partial charge in [-0.15, -0.1) is 0 Å². The monoisotopic (exact) mass is 160 g/mol. The molecule has 61 valence electrons. The summed E-state index contributed by atoms with van der Waals surface area (Å²) in [5, 5.41) is 0. The maximum absolute atomic E-state index is 11.1. The van der Waals surface area contributed by atoms with Gasteiger partial charge in [-0.25, -0.2) is 0 Å². The molecule has 0 aromatic heterocycles. The van der Waals surface area contributed by atoms with Crippen molar-refractivity contribution in [3.05, 3.63) is 42.3 Å². The molecule has 2 heteroatoms. The lowest BCUT2D eigenvalue weighted by Gasteiger charge is -2.09. The summed E-state index contributed by atoms with van der Waals surface area (Å²) < 4.78 is 0. The van der Waals surface area contributed by atoms with Gasteiger partial charge in [0.15, 0.2) is 0 Å². The maximum Gasteiger partial charge on any atom is 0.228 e. The molecule has 0 heterocycles. The normalized spacial score (nSPS) is 18.7. The molecule has 1 aliphatic carbocycles. The summed E-state index contributed by atoms with van der Waals surface area (Å²) in [6, 6.07) is 9.65. The van der Waals surface area contributed by atoms with Crippen LogP contribution in [-0.2, 0) is 10.2 Å². The second-order valence-electron chi connectivity index (χ2n) is 3.11. The summed E-state index contributed by atoms with van der Waals surface area (Å²) in [6.45, 7) is 0. The third-order valence-corrected chi connectivity index (χ3v) is 2.34. The molecule has 1 fully saturated rings. The highest BCUT2D eigenvalue weighted by Crippen LogP contribution is 2.46. The van der Waals surface area contributed by atoms with E-state index >= 15 is 0 Å². The van der Waals surface area contributed by atoms with Crippen LogP contribution in [-0.4, -0.2) is 5.91 Å². The van der Waals surface area contributed by atoms with Crippen molar-refractivity contribution >= 4 is 5.91 Å². The number of rotatable bonds is 2. The molecule has 1 atom stereocenters. The molecule has 12 heavy (non-hydrogen) atoms. The summed E-state index contributed by atoms with van der Waals surface area (Å²) in [6.07, 6.45) is 2.73. The Kier molecular flexibility index (Phi) is 1.43. The predicted octanol–water partition coefficient (Wildman–Crippen LogP) is 1.02. The molecule has 0 spiro atoms. The van der Waals surface area contributed by atoms with Crippen LogP contribution in [0.1, 0.15) is 12.0 Å². The van der Waals surface area contributed by atoms with Crippen LogP contribution in [0.15, 0.2) is 30.3 Å². The van der Waals surface area contributed by atoms with Gasteiger partial charge >= 0.3 is 0 Å². The highest BCUT2D eigenvalue weighted by atomic mass is 16.1. The molecule has 0 saturated heterocycles. The Morgan fingerprint density at radius 3 is 2.33 bits per heavy atom. The molecule has 2 nitrogen and oxygen atoms in total. The van der Waals surface area contributed by atoms with Crippen molar-refractivity contribution in [3.8, 4) is 0 Å². The van der Waals surface area contributed by atoms with E-state index in [-0.39, 0.29) is 5.91 Å². The molecule has 0 bridgehead atoms. The smallest absolute Gasteiger partial charge is 0.228 e. The quantitative estimate of drug-likeness (QED) is 0.689. The Hall–Kier alpha value is -1.31. The Labute approximate surface area is 71.4 Å². The standard InChI is InChI=1S/C10H10NO/c11-9(12)10(6-7-10)8-4-2-1-3-5-8/h1-6H,7H2,(H2,11,12)/t10-/m1/s1. The van der Waals surface area contributed by atoms with Crippen LogP contribution in [0.25, 0.3) is 0 Å². The fourth-order valence-corrected chi connectivity index (χ4v) is 1.42. The van der Waals surface area contributed by atoms with Gasteiger partial charge in [-0.2, -0.15) is 0 Å². The zero-order chi connectivity index (χ0) is 8.60. The Morgan fingerprint density at radius 2 is 1.92 bits per heavy atom. The van der Waals surface area contributed by atoms with Crippen molar-refractivity contribution in [2.45, 2.75) is 11.8 Å². The lowest BCUT2D eigenvalue weighted by molar-refractivity contribution is -0.120.